The molecule has 0 aliphatic carbocycles. The van der Waals surface area contributed by atoms with Crippen molar-refractivity contribution in [2.45, 2.75) is 0 Å². The zero-order valence-corrected chi connectivity index (χ0v) is 10.5. The van der Waals surface area contributed by atoms with Crippen LogP contribution in [0.15, 0.2) is 42.5 Å². The van der Waals surface area contributed by atoms with E-state index in [-0.39, 0.29) is 5.56 Å². The minimum Gasteiger partial charge on any atom is -0.330 e. The molecule has 1 heterocycles. The van der Waals surface area contributed by atoms with Crippen molar-refractivity contribution in [1.29, 1.82) is 5.26 Å². The molecule has 0 spiro atoms. The van der Waals surface area contributed by atoms with Gasteiger partial charge in [0.2, 0.25) is 0 Å². The van der Waals surface area contributed by atoms with Crippen LogP contribution in [0.1, 0.15) is 5.56 Å². The smallest absolute Gasteiger partial charge is 0.188 e. The number of fused-ring (bicyclic) bond motifs is 1. The predicted octanol–water partition coefficient (Wildman–Crippen LogP) is 4.05. The molecule has 0 unspecified atom stereocenters. The summed E-state index contributed by atoms with van der Waals surface area (Å²) in [5.41, 5.74) is 1.72. The summed E-state index contributed by atoms with van der Waals surface area (Å²) in [7, 11) is 0. The van der Waals surface area contributed by atoms with Gasteiger partial charge >= 0.3 is 0 Å². The van der Waals surface area contributed by atoms with Crippen LogP contribution in [0, 0.1) is 17.1 Å². The Bertz CT molecular complexity index is 756. The summed E-state index contributed by atoms with van der Waals surface area (Å²) in [5, 5.41) is 12.7. The van der Waals surface area contributed by atoms with Gasteiger partial charge in [0, 0.05) is 0 Å². The summed E-state index contributed by atoms with van der Waals surface area (Å²) in [6, 6.07) is 13.8. The van der Waals surface area contributed by atoms with Crippen molar-refractivity contribution in [2.75, 3.05) is 5.32 Å². The Morgan fingerprint density at radius 1 is 1.21 bits per heavy atom. The van der Waals surface area contributed by atoms with Crippen LogP contribution in [0.3, 0.4) is 0 Å². The maximum atomic E-state index is 13.0. The summed E-state index contributed by atoms with van der Waals surface area (Å²) in [4.78, 5) is 4.41. The van der Waals surface area contributed by atoms with E-state index >= 15 is 0 Å². The standard InChI is InChI=1S/C14H8FN3S/c15-10-5-6-11(9(7-10)8-16)17-14-18-12-3-1-2-4-13(12)19-14/h1-7H,(H,17,18). The number of aromatic nitrogens is 1. The van der Waals surface area contributed by atoms with Crippen molar-refractivity contribution in [3.05, 3.63) is 53.8 Å². The van der Waals surface area contributed by atoms with Crippen molar-refractivity contribution in [3.8, 4) is 6.07 Å². The lowest BCUT2D eigenvalue weighted by atomic mass is 10.2. The minimum atomic E-state index is -0.425. The molecule has 3 aromatic rings. The van der Waals surface area contributed by atoms with Crippen molar-refractivity contribution >= 4 is 32.4 Å². The fourth-order valence-corrected chi connectivity index (χ4v) is 2.64. The predicted molar refractivity (Wildman–Crippen MR) is 74.0 cm³/mol. The Labute approximate surface area is 113 Å². The van der Waals surface area contributed by atoms with Crippen LogP contribution in [0.5, 0.6) is 0 Å². The molecule has 3 nitrogen and oxygen atoms in total. The van der Waals surface area contributed by atoms with Crippen LogP contribution >= 0.6 is 11.3 Å². The molecule has 0 atom stereocenters. The minimum absolute atomic E-state index is 0.263. The van der Waals surface area contributed by atoms with Gasteiger partial charge in [-0.15, -0.1) is 0 Å². The van der Waals surface area contributed by atoms with E-state index in [0.29, 0.717) is 10.8 Å². The van der Waals surface area contributed by atoms with Crippen LogP contribution in [0.2, 0.25) is 0 Å². The average molecular weight is 269 g/mol. The zero-order valence-electron chi connectivity index (χ0n) is 9.72. The molecular weight excluding hydrogens is 261 g/mol. The van der Waals surface area contributed by atoms with Gasteiger partial charge in [0.1, 0.15) is 11.9 Å². The molecule has 0 aliphatic heterocycles. The van der Waals surface area contributed by atoms with Crippen molar-refractivity contribution < 1.29 is 4.39 Å². The number of para-hydroxylation sites is 1. The first-order valence-corrected chi connectivity index (χ1v) is 6.40. The van der Waals surface area contributed by atoms with Crippen LogP contribution in [0.4, 0.5) is 15.2 Å². The number of nitrogens with zero attached hydrogens (tertiary/aromatic N) is 2. The maximum Gasteiger partial charge on any atom is 0.188 e. The third-order valence-electron chi connectivity index (χ3n) is 2.64. The topological polar surface area (TPSA) is 48.7 Å². The second-order valence-corrected chi connectivity index (χ2v) is 4.94. The van der Waals surface area contributed by atoms with E-state index < -0.39 is 5.82 Å². The quantitative estimate of drug-likeness (QED) is 0.763. The summed E-state index contributed by atoms with van der Waals surface area (Å²) in [6.07, 6.45) is 0. The van der Waals surface area contributed by atoms with Gasteiger partial charge in [-0.05, 0) is 30.3 Å². The molecule has 0 radical (unpaired) electrons. The highest BCUT2D eigenvalue weighted by Gasteiger charge is 2.07. The van der Waals surface area contributed by atoms with E-state index in [9.17, 15) is 4.39 Å². The lowest BCUT2D eigenvalue weighted by Gasteiger charge is -2.04. The Morgan fingerprint density at radius 2 is 2.05 bits per heavy atom. The van der Waals surface area contributed by atoms with Crippen LogP contribution in [-0.4, -0.2) is 4.98 Å². The largest absolute Gasteiger partial charge is 0.330 e. The van der Waals surface area contributed by atoms with Gasteiger partial charge in [-0.25, -0.2) is 9.37 Å². The van der Waals surface area contributed by atoms with Gasteiger partial charge in [-0.3, -0.25) is 0 Å². The Balaban J connectivity index is 1.99. The van der Waals surface area contributed by atoms with Gasteiger partial charge in [0.05, 0.1) is 21.5 Å². The monoisotopic (exact) mass is 269 g/mol. The first-order chi connectivity index (χ1) is 9.26. The summed E-state index contributed by atoms with van der Waals surface area (Å²) >= 11 is 1.49. The van der Waals surface area contributed by atoms with Crippen LogP contribution < -0.4 is 5.32 Å². The summed E-state index contributed by atoms with van der Waals surface area (Å²) in [5.74, 6) is -0.425. The summed E-state index contributed by atoms with van der Waals surface area (Å²) in [6.45, 7) is 0. The normalized spacial score (nSPS) is 10.3. The molecule has 92 valence electrons. The van der Waals surface area contributed by atoms with E-state index in [0.717, 1.165) is 10.2 Å². The van der Waals surface area contributed by atoms with Crippen molar-refractivity contribution in [2.24, 2.45) is 0 Å². The number of hydrogen-bond acceptors (Lipinski definition) is 4. The lowest BCUT2D eigenvalue weighted by molar-refractivity contribution is 0.627. The van der Waals surface area contributed by atoms with Crippen LogP contribution in [0.25, 0.3) is 10.2 Å². The molecule has 0 fully saturated rings. The lowest BCUT2D eigenvalue weighted by Crippen LogP contribution is -1.93. The van der Waals surface area contributed by atoms with E-state index in [1.165, 1.54) is 23.5 Å². The molecular formula is C14H8FN3S. The maximum absolute atomic E-state index is 13.0. The van der Waals surface area contributed by atoms with E-state index in [4.69, 9.17) is 5.26 Å². The highest BCUT2D eigenvalue weighted by Crippen LogP contribution is 2.29. The molecule has 1 aromatic heterocycles. The second kappa shape index (κ2) is 4.67. The molecule has 5 heteroatoms. The number of rotatable bonds is 2. The third-order valence-corrected chi connectivity index (χ3v) is 3.59. The van der Waals surface area contributed by atoms with Crippen molar-refractivity contribution in [3.63, 3.8) is 0 Å². The number of nitrogens with one attached hydrogen (secondary N) is 1. The Kier molecular flexibility index (Phi) is 2.86. The Morgan fingerprint density at radius 3 is 2.84 bits per heavy atom. The SMILES string of the molecule is N#Cc1cc(F)ccc1Nc1nc2ccccc2s1. The van der Waals surface area contributed by atoms with Gasteiger partial charge in [-0.2, -0.15) is 5.26 Å². The number of nitriles is 1. The summed E-state index contributed by atoms with van der Waals surface area (Å²) < 4.78 is 14.1. The van der Waals surface area contributed by atoms with Crippen molar-refractivity contribution in [1.82, 2.24) is 4.98 Å². The molecule has 0 aliphatic rings. The number of halogens is 1. The zero-order chi connectivity index (χ0) is 13.2. The van der Waals surface area contributed by atoms with Crippen LogP contribution in [-0.2, 0) is 0 Å². The number of thiazole rings is 1. The first kappa shape index (κ1) is 11.6. The first-order valence-electron chi connectivity index (χ1n) is 5.58. The highest BCUT2D eigenvalue weighted by atomic mass is 32.1. The fourth-order valence-electron chi connectivity index (χ4n) is 1.76. The molecule has 2 aromatic carbocycles. The van der Waals surface area contributed by atoms with E-state index in [1.807, 2.05) is 30.3 Å². The van der Waals surface area contributed by atoms with E-state index in [2.05, 4.69) is 10.3 Å². The molecule has 19 heavy (non-hydrogen) atoms. The molecule has 1 N–H and O–H groups in total. The highest BCUT2D eigenvalue weighted by molar-refractivity contribution is 7.22. The fraction of sp³-hybridized carbons (Fsp3) is 0. The number of hydrogen-bond donors (Lipinski definition) is 1. The van der Waals surface area contributed by atoms with Gasteiger partial charge in [0.15, 0.2) is 5.13 Å². The number of benzene rings is 2. The number of anilines is 2. The second-order valence-electron chi connectivity index (χ2n) is 3.91. The van der Waals surface area contributed by atoms with Gasteiger partial charge < -0.3 is 5.32 Å². The molecule has 0 saturated heterocycles. The molecule has 0 bridgehead atoms. The Hall–Kier alpha value is -2.45. The molecule has 0 saturated carbocycles. The third kappa shape index (κ3) is 2.26. The van der Waals surface area contributed by atoms with Gasteiger partial charge in [-0.1, -0.05) is 23.5 Å². The molecule has 0 amide bonds. The van der Waals surface area contributed by atoms with E-state index in [1.54, 1.807) is 6.07 Å². The average Bonchev–Trinajstić information content (AvgIpc) is 2.83. The molecule has 3 rings (SSSR count). The van der Waals surface area contributed by atoms with Gasteiger partial charge in [0.25, 0.3) is 0 Å².